The molecule has 0 bridgehead atoms. The molecule has 0 aliphatic heterocycles. The van der Waals surface area contributed by atoms with Gasteiger partial charge >= 0.3 is 0 Å². The van der Waals surface area contributed by atoms with E-state index in [2.05, 4.69) is 25.9 Å². The zero-order chi connectivity index (χ0) is 11.4. The van der Waals surface area contributed by atoms with Crippen LogP contribution in [-0.2, 0) is 6.61 Å². The Morgan fingerprint density at radius 2 is 2.12 bits per heavy atom. The minimum atomic E-state index is -0.275. The summed E-state index contributed by atoms with van der Waals surface area (Å²) in [4.78, 5) is 7.95. The average molecular weight is 283 g/mol. The number of hydrogen-bond donors (Lipinski definition) is 0. The van der Waals surface area contributed by atoms with Crippen molar-refractivity contribution < 1.29 is 9.13 Å². The standard InChI is InChI=1S/C11H8BrFN2O/c12-10-5-15-11(6-14-10)16-7-8-2-1-3-9(13)4-8/h1-6H,7H2. The molecule has 1 aromatic heterocycles. The summed E-state index contributed by atoms with van der Waals surface area (Å²) in [5.41, 5.74) is 0.754. The van der Waals surface area contributed by atoms with Crippen LogP contribution in [0.25, 0.3) is 0 Å². The van der Waals surface area contributed by atoms with Gasteiger partial charge in [-0.2, -0.15) is 0 Å². The lowest BCUT2D eigenvalue weighted by Crippen LogP contribution is -1.98. The van der Waals surface area contributed by atoms with Crippen LogP contribution in [0.5, 0.6) is 5.88 Å². The molecule has 2 rings (SSSR count). The van der Waals surface area contributed by atoms with Crippen molar-refractivity contribution in [3.8, 4) is 5.88 Å². The van der Waals surface area contributed by atoms with Crippen LogP contribution in [0, 0.1) is 5.82 Å². The molecule has 16 heavy (non-hydrogen) atoms. The van der Waals surface area contributed by atoms with Gasteiger partial charge in [0.05, 0.1) is 12.4 Å². The number of benzene rings is 1. The zero-order valence-electron chi connectivity index (χ0n) is 8.23. The summed E-state index contributed by atoms with van der Waals surface area (Å²) in [6.45, 7) is 0.272. The molecule has 0 atom stereocenters. The van der Waals surface area contributed by atoms with Crippen LogP contribution < -0.4 is 4.74 Å². The second kappa shape index (κ2) is 5.03. The van der Waals surface area contributed by atoms with E-state index in [1.807, 2.05) is 0 Å². The smallest absolute Gasteiger partial charge is 0.232 e. The van der Waals surface area contributed by atoms with Crippen molar-refractivity contribution in [2.45, 2.75) is 6.61 Å². The number of halogens is 2. The fraction of sp³-hybridized carbons (Fsp3) is 0.0909. The highest BCUT2D eigenvalue weighted by atomic mass is 79.9. The first-order chi connectivity index (χ1) is 7.74. The van der Waals surface area contributed by atoms with E-state index in [1.54, 1.807) is 18.3 Å². The minimum Gasteiger partial charge on any atom is -0.472 e. The van der Waals surface area contributed by atoms with E-state index >= 15 is 0 Å². The Bertz CT molecular complexity index is 476. The number of hydrogen-bond acceptors (Lipinski definition) is 3. The van der Waals surface area contributed by atoms with Gasteiger partial charge in [-0.15, -0.1) is 0 Å². The lowest BCUT2D eigenvalue weighted by Gasteiger charge is -2.04. The average Bonchev–Trinajstić information content (AvgIpc) is 2.28. The van der Waals surface area contributed by atoms with Crippen molar-refractivity contribution in [2.75, 3.05) is 0 Å². The number of aromatic nitrogens is 2. The summed E-state index contributed by atoms with van der Waals surface area (Å²) in [5.74, 6) is 0.135. The zero-order valence-corrected chi connectivity index (χ0v) is 9.82. The van der Waals surface area contributed by atoms with E-state index in [0.717, 1.165) is 5.56 Å². The van der Waals surface area contributed by atoms with Gasteiger partial charge in [-0.1, -0.05) is 12.1 Å². The van der Waals surface area contributed by atoms with Crippen LogP contribution in [-0.4, -0.2) is 9.97 Å². The molecular formula is C11H8BrFN2O. The van der Waals surface area contributed by atoms with Crippen molar-refractivity contribution in [3.63, 3.8) is 0 Å². The summed E-state index contributed by atoms with van der Waals surface area (Å²) in [6, 6.07) is 6.24. The highest BCUT2D eigenvalue weighted by molar-refractivity contribution is 9.10. The van der Waals surface area contributed by atoms with Crippen molar-refractivity contribution >= 4 is 15.9 Å². The third kappa shape index (κ3) is 3.00. The summed E-state index contributed by atoms with van der Waals surface area (Å²) in [5, 5.41) is 0. The Hall–Kier alpha value is -1.49. The van der Waals surface area contributed by atoms with Crippen LogP contribution in [0.4, 0.5) is 4.39 Å². The summed E-state index contributed by atoms with van der Waals surface area (Å²) in [7, 11) is 0. The van der Waals surface area contributed by atoms with E-state index < -0.39 is 0 Å². The fourth-order valence-corrected chi connectivity index (χ4v) is 1.36. The van der Waals surface area contributed by atoms with Crippen molar-refractivity contribution in [1.29, 1.82) is 0 Å². The predicted octanol–water partition coefficient (Wildman–Crippen LogP) is 2.96. The second-order valence-electron chi connectivity index (χ2n) is 3.10. The first-order valence-electron chi connectivity index (χ1n) is 4.59. The highest BCUT2D eigenvalue weighted by Crippen LogP contribution is 2.11. The van der Waals surface area contributed by atoms with Gasteiger partial charge in [-0.05, 0) is 33.6 Å². The molecule has 1 heterocycles. The molecule has 0 amide bonds. The molecule has 0 unspecified atom stereocenters. The maximum atomic E-state index is 12.9. The quantitative estimate of drug-likeness (QED) is 0.868. The van der Waals surface area contributed by atoms with E-state index in [4.69, 9.17) is 4.74 Å². The summed E-state index contributed by atoms with van der Waals surface area (Å²) >= 11 is 3.17. The third-order valence-electron chi connectivity index (χ3n) is 1.87. The monoisotopic (exact) mass is 282 g/mol. The fourth-order valence-electron chi connectivity index (χ4n) is 1.16. The maximum Gasteiger partial charge on any atom is 0.232 e. The third-order valence-corrected chi connectivity index (χ3v) is 2.28. The van der Waals surface area contributed by atoms with Crippen LogP contribution in [0.2, 0.25) is 0 Å². The van der Waals surface area contributed by atoms with Gasteiger partial charge in [0, 0.05) is 0 Å². The van der Waals surface area contributed by atoms with Crippen LogP contribution in [0.3, 0.4) is 0 Å². The van der Waals surface area contributed by atoms with Gasteiger partial charge in [0.2, 0.25) is 5.88 Å². The van der Waals surface area contributed by atoms with Crippen LogP contribution >= 0.6 is 15.9 Å². The molecule has 0 spiro atoms. The molecule has 0 N–H and O–H groups in total. The largest absolute Gasteiger partial charge is 0.472 e. The summed E-state index contributed by atoms with van der Waals surface area (Å²) in [6.07, 6.45) is 3.05. The van der Waals surface area contributed by atoms with Crippen LogP contribution in [0.15, 0.2) is 41.3 Å². The Kier molecular flexibility index (Phi) is 3.46. The molecule has 1 aromatic carbocycles. The van der Waals surface area contributed by atoms with Crippen molar-refractivity contribution in [2.24, 2.45) is 0 Å². The van der Waals surface area contributed by atoms with E-state index in [1.165, 1.54) is 18.3 Å². The first kappa shape index (κ1) is 11.0. The Balaban J connectivity index is 1.99. The van der Waals surface area contributed by atoms with E-state index in [0.29, 0.717) is 10.5 Å². The molecular weight excluding hydrogens is 275 g/mol. The van der Waals surface area contributed by atoms with Gasteiger partial charge < -0.3 is 4.74 Å². The maximum absolute atomic E-state index is 12.9. The number of nitrogens with zero attached hydrogens (tertiary/aromatic N) is 2. The predicted molar refractivity (Wildman–Crippen MR) is 60.5 cm³/mol. The van der Waals surface area contributed by atoms with E-state index in [9.17, 15) is 4.39 Å². The van der Waals surface area contributed by atoms with E-state index in [-0.39, 0.29) is 12.4 Å². The molecule has 0 saturated carbocycles. The molecule has 3 nitrogen and oxygen atoms in total. The molecule has 2 aromatic rings. The van der Waals surface area contributed by atoms with Crippen molar-refractivity contribution in [3.05, 3.63) is 52.6 Å². The minimum absolute atomic E-state index is 0.272. The second-order valence-corrected chi connectivity index (χ2v) is 3.91. The topological polar surface area (TPSA) is 35.0 Å². The van der Waals surface area contributed by atoms with Gasteiger partial charge in [0.1, 0.15) is 17.0 Å². The van der Waals surface area contributed by atoms with Crippen LogP contribution in [0.1, 0.15) is 5.56 Å². The first-order valence-corrected chi connectivity index (χ1v) is 5.38. The summed E-state index contributed by atoms with van der Waals surface area (Å²) < 4.78 is 18.8. The molecule has 0 saturated heterocycles. The Morgan fingerprint density at radius 3 is 2.81 bits per heavy atom. The Morgan fingerprint density at radius 1 is 1.25 bits per heavy atom. The van der Waals surface area contributed by atoms with Gasteiger partial charge in [-0.3, -0.25) is 0 Å². The number of ether oxygens (including phenoxy) is 1. The molecule has 0 fully saturated rings. The molecule has 82 valence electrons. The van der Waals surface area contributed by atoms with Gasteiger partial charge in [0.15, 0.2) is 0 Å². The molecule has 5 heteroatoms. The van der Waals surface area contributed by atoms with Crippen molar-refractivity contribution in [1.82, 2.24) is 9.97 Å². The Labute approximate surface area is 100 Å². The lowest BCUT2D eigenvalue weighted by molar-refractivity contribution is 0.291. The van der Waals surface area contributed by atoms with Gasteiger partial charge in [0.25, 0.3) is 0 Å². The molecule has 0 aliphatic carbocycles. The normalized spacial score (nSPS) is 10.1. The highest BCUT2D eigenvalue weighted by Gasteiger charge is 1.99. The molecule has 0 radical (unpaired) electrons. The molecule has 0 aliphatic rings. The lowest BCUT2D eigenvalue weighted by atomic mass is 10.2. The number of rotatable bonds is 3. The SMILES string of the molecule is Fc1cccc(COc2cnc(Br)cn2)c1. The van der Waals surface area contributed by atoms with Gasteiger partial charge in [-0.25, -0.2) is 14.4 Å².